The summed E-state index contributed by atoms with van der Waals surface area (Å²) in [5.74, 6) is -0.0288. The third kappa shape index (κ3) is 1.65. The number of carbonyl (C=O) groups is 1. The average molecular weight is 214 g/mol. The molecule has 1 amide bonds. The summed E-state index contributed by atoms with van der Waals surface area (Å²) < 4.78 is 12.2. The number of nitrogens with one attached hydrogen (secondary N) is 1. The molecule has 1 aromatic rings. The van der Waals surface area contributed by atoms with Crippen molar-refractivity contribution in [3.8, 4) is 0 Å². The lowest BCUT2D eigenvalue weighted by atomic mass is 10.2. The molecule has 0 bridgehead atoms. The Hall–Kier alpha value is -0.940. The Morgan fingerprint density at radius 1 is 1.71 bits per heavy atom. The third-order valence-electron chi connectivity index (χ3n) is 2.26. The molecule has 2 heterocycles. The van der Waals surface area contributed by atoms with Crippen molar-refractivity contribution in [3.63, 3.8) is 0 Å². The number of rotatable bonds is 3. The smallest absolute Gasteiger partial charge is 0.238 e. The first kappa shape index (κ1) is 9.61. The van der Waals surface area contributed by atoms with E-state index in [1.54, 1.807) is 16.2 Å². The standard InChI is InChI=1S/C9H11FN2OS/c10-2-3-12-8(13)5-11-9(12)7-1-4-14-6-7/h1,4,6,9,11H,2-3,5H2. The van der Waals surface area contributed by atoms with Crippen molar-refractivity contribution in [2.45, 2.75) is 6.17 Å². The maximum Gasteiger partial charge on any atom is 0.238 e. The minimum atomic E-state index is -0.492. The maximum atomic E-state index is 12.2. The number of alkyl halides is 1. The highest BCUT2D eigenvalue weighted by Gasteiger charge is 2.31. The van der Waals surface area contributed by atoms with Gasteiger partial charge < -0.3 is 4.90 Å². The van der Waals surface area contributed by atoms with Crippen LogP contribution in [-0.2, 0) is 4.79 Å². The highest BCUT2D eigenvalue weighted by molar-refractivity contribution is 7.07. The molecule has 5 heteroatoms. The normalized spacial score (nSPS) is 21.9. The topological polar surface area (TPSA) is 32.3 Å². The van der Waals surface area contributed by atoms with Crippen LogP contribution >= 0.6 is 11.3 Å². The number of amides is 1. The van der Waals surface area contributed by atoms with Gasteiger partial charge in [-0.1, -0.05) is 0 Å². The zero-order valence-corrected chi connectivity index (χ0v) is 8.39. The van der Waals surface area contributed by atoms with Gasteiger partial charge in [-0.25, -0.2) is 4.39 Å². The van der Waals surface area contributed by atoms with E-state index in [2.05, 4.69) is 5.32 Å². The molecular weight excluding hydrogens is 203 g/mol. The van der Waals surface area contributed by atoms with E-state index in [9.17, 15) is 9.18 Å². The van der Waals surface area contributed by atoms with Crippen LogP contribution in [0.3, 0.4) is 0 Å². The van der Waals surface area contributed by atoms with Crippen molar-refractivity contribution in [3.05, 3.63) is 22.4 Å². The molecule has 14 heavy (non-hydrogen) atoms. The van der Waals surface area contributed by atoms with Crippen molar-refractivity contribution >= 4 is 17.2 Å². The molecule has 2 rings (SSSR count). The number of hydrogen-bond donors (Lipinski definition) is 1. The van der Waals surface area contributed by atoms with Gasteiger partial charge in [-0.15, -0.1) is 0 Å². The van der Waals surface area contributed by atoms with Gasteiger partial charge in [0.25, 0.3) is 0 Å². The molecule has 0 spiro atoms. The van der Waals surface area contributed by atoms with Crippen LogP contribution in [0.15, 0.2) is 16.8 Å². The predicted molar refractivity (Wildman–Crippen MR) is 52.8 cm³/mol. The summed E-state index contributed by atoms with van der Waals surface area (Å²) in [6, 6.07) is 1.95. The number of halogens is 1. The monoisotopic (exact) mass is 214 g/mol. The van der Waals surface area contributed by atoms with E-state index in [4.69, 9.17) is 0 Å². The van der Waals surface area contributed by atoms with Crippen molar-refractivity contribution in [2.75, 3.05) is 19.8 Å². The van der Waals surface area contributed by atoms with Gasteiger partial charge in [0.1, 0.15) is 12.8 Å². The molecule has 0 aliphatic carbocycles. The van der Waals surface area contributed by atoms with Crippen LogP contribution in [0.25, 0.3) is 0 Å². The molecule has 1 atom stereocenters. The zero-order valence-electron chi connectivity index (χ0n) is 7.57. The first-order valence-electron chi connectivity index (χ1n) is 4.44. The Morgan fingerprint density at radius 3 is 3.21 bits per heavy atom. The molecule has 76 valence electrons. The number of thiophene rings is 1. The molecule has 1 fully saturated rings. The number of carbonyl (C=O) groups excluding carboxylic acids is 1. The molecule has 0 aromatic carbocycles. The Kier molecular flexibility index (Phi) is 2.79. The van der Waals surface area contributed by atoms with Crippen LogP contribution in [0.1, 0.15) is 11.7 Å². The van der Waals surface area contributed by atoms with E-state index in [0.717, 1.165) is 5.56 Å². The highest BCUT2D eigenvalue weighted by Crippen LogP contribution is 2.23. The van der Waals surface area contributed by atoms with Gasteiger partial charge in [0.15, 0.2) is 0 Å². The number of nitrogens with zero attached hydrogens (tertiary/aromatic N) is 1. The number of hydrogen-bond acceptors (Lipinski definition) is 3. The molecule has 3 nitrogen and oxygen atoms in total. The maximum absolute atomic E-state index is 12.2. The van der Waals surface area contributed by atoms with Gasteiger partial charge >= 0.3 is 0 Å². The van der Waals surface area contributed by atoms with E-state index in [1.807, 2.05) is 16.8 Å². The van der Waals surface area contributed by atoms with Crippen LogP contribution in [0.2, 0.25) is 0 Å². The summed E-state index contributed by atoms with van der Waals surface area (Å²) in [5.41, 5.74) is 1.04. The summed E-state index contributed by atoms with van der Waals surface area (Å²) >= 11 is 1.58. The van der Waals surface area contributed by atoms with Gasteiger partial charge in [-0.05, 0) is 22.4 Å². The first-order valence-corrected chi connectivity index (χ1v) is 5.38. The molecular formula is C9H11FN2OS. The average Bonchev–Trinajstić information content (AvgIpc) is 2.77. The van der Waals surface area contributed by atoms with E-state index in [0.29, 0.717) is 6.54 Å². The van der Waals surface area contributed by atoms with Crippen molar-refractivity contribution in [2.24, 2.45) is 0 Å². The molecule has 1 N–H and O–H groups in total. The quantitative estimate of drug-likeness (QED) is 0.818. The van der Waals surface area contributed by atoms with Crippen LogP contribution < -0.4 is 5.32 Å². The zero-order chi connectivity index (χ0) is 9.97. The first-order chi connectivity index (χ1) is 6.83. The largest absolute Gasteiger partial charge is 0.319 e. The predicted octanol–water partition coefficient (Wildman–Crippen LogP) is 1.15. The second kappa shape index (κ2) is 4.06. The van der Waals surface area contributed by atoms with Crippen molar-refractivity contribution in [1.29, 1.82) is 0 Å². The fraction of sp³-hybridized carbons (Fsp3) is 0.444. The molecule has 1 aromatic heterocycles. The van der Waals surface area contributed by atoms with Crippen molar-refractivity contribution in [1.82, 2.24) is 10.2 Å². The van der Waals surface area contributed by atoms with Gasteiger partial charge in [0, 0.05) is 0 Å². The van der Waals surface area contributed by atoms with Crippen molar-refractivity contribution < 1.29 is 9.18 Å². The second-order valence-electron chi connectivity index (χ2n) is 3.12. The fourth-order valence-corrected chi connectivity index (χ4v) is 2.29. The summed E-state index contributed by atoms with van der Waals surface area (Å²) in [5, 5.41) is 6.99. The van der Waals surface area contributed by atoms with E-state index < -0.39 is 6.67 Å². The SMILES string of the molecule is O=C1CNC(c2ccsc2)N1CCF. The lowest BCUT2D eigenvalue weighted by Gasteiger charge is -2.22. The van der Waals surface area contributed by atoms with E-state index in [1.165, 1.54) is 0 Å². The molecule has 1 aliphatic rings. The van der Waals surface area contributed by atoms with E-state index in [-0.39, 0.29) is 18.6 Å². The summed E-state index contributed by atoms with van der Waals surface area (Å²) in [4.78, 5) is 12.9. The minimum Gasteiger partial charge on any atom is -0.319 e. The molecule has 1 aliphatic heterocycles. The van der Waals surface area contributed by atoms with E-state index >= 15 is 0 Å². The van der Waals surface area contributed by atoms with Crippen LogP contribution in [0, 0.1) is 0 Å². The summed E-state index contributed by atoms with van der Waals surface area (Å²) in [6.45, 7) is -0.0130. The minimum absolute atomic E-state index is 0.0288. The van der Waals surface area contributed by atoms with Gasteiger partial charge in [0.05, 0.1) is 13.1 Å². The molecule has 1 saturated heterocycles. The summed E-state index contributed by atoms with van der Waals surface area (Å²) in [6.07, 6.45) is -0.135. The lowest BCUT2D eigenvalue weighted by molar-refractivity contribution is -0.128. The fourth-order valence-electron chi connectivity index (χ4n) is 1.61. The van der Waals surface area contributed by atoms with Gasteiger partial charge in [-0.2, -0.15) is 11.3 Å². The van der Waals surface area contributed by atoms with Crippen LogP contribution in [0.5, 0.6) is 0 Å². The Balaban J connectivity index is 2.15. The van der Waals surface area contributed by atoms with Crippen LogP contribution in [0.4, 0.5) is 4.39 Å². The Labute approximate surface area is 85.5 Å². The Bertz CT molecular complexity index is 315. The van der Waals surface area contributed by atoms with Gasteiger partial charge in [0.2, 0.25) is 5.91 Å². The highest BCUT2D eigenvalue weighted by atomic mass is 32.1. The lowest BCUT2D eigenvalue weighted by Crippen LogP contribution is -2.31. The van der Waals surface area contributed by atoms with Crippen LogP contribution in [-0.4, -0.2) is 30.6 Å². The Morgan fingerprint density at radius 2 is 2.57 bits per heavy atom. The molecule has 1 unspecified atom stereocenters. The molecule has 0 radical (unpaired) electrons. The third-order valence-corrected chi connectivity index (χ3v) is 2.96. The molecule has 0 saturated carbocycles. The second-order valence-corrected chi connectivity index (χ2v) is 3.90. The van der Waals surface area contributed by atoms with Gasteiger partial charge in [-0.3, -0.25) is 10.1 Å². The summed E-state index contributed by atoms with van der Waals surface area (Å²) in [7, 11) is 0.